The van der Waals surface area contributed by atoms with Gasteiger partial charge in [-0.15, -0.1) is 0 Å². The number of benzene rings is 2. The van der Waals surface area contributed by atoms with Crippen LogP contribution >= 0.6 is 0 Å². The Morgan fingerprint density at radius 1 is 1.00 bits per heavy atom. The number of ether oxygens (including phenoxy) is 3. The van der Waals surface area contributed by atoms with Crippen molar-refractivity contribution in [2.24, 2.45) is 4.99 Å². The highest BCUT2D eigenvalue weighted by Gasteiger charge is 2.12. The van der Waals surface area contributed by atoms with Crippen molar-refractivity contribution in [1.82, 2.24) is 10.6 Å². The van der Waals surface area contributed by atoms with Crippen LogP contribution in [0.25, 0.3) is 0 Å². The summed E-state index contributed by atoms with van der Waals surface area (Å²) in [5.74, 6) is 1.97. The van der Waals surface area contributed by atoms with E-state index in [2.05, 4.69) is 20.4 Å². The van der Waals surface area contributed by atoms with Crippen LogP contribution < -0.4 is 24.8 Å². The molecular formula is C20H25F2N3O3. The van der Waals surface area contributed by atoms with Crippen molar-refractivity contribution in [3.05, 3.63) is 53.1 Å². The molecule has 152 valence electrons. The van der Waals surface area contributed by atoms with Gasteiger partial charge < -0.3 is 24.8 Å². The van der Waals surface area contributed by atoms with Crippen LogP contribution in [0.3, 0.4) is 0 Å². The SMILES string of the molecule is CN=C(NCc1ccc(C)c(OC)c1)NCc1cc(OC)ccc1OC(F)F. The van der Waals surface area contributed by atoms with Gasteiger partial charge in [-0.05, 0) is 42.3 Å². The van der Waals surface area contributed by atoms with E-state index >= 15 is 0 Å². The maximum atomic E-state index is 12.6. The number of methoxy groups -OCH3 is 2. The van der Waals surface area contributed by atoms with Gasteiger partial charge in [0.05, 0.1) is 14.2 Å². The van der Waals surface area contributed by atoms with Gasteiger partial charge in [-0.2, -0.15) is 8.78 Å². The van der Waals surface area contributed by atoms with Crippen LogP contribution in [-0.2, 0) is 13.1 Å². The number of rotatable bonds is 8. The largest absolute Gasteiger partial charge is 0.497 e. The van der Waals surface area contributed by atoms with Gasteiger partial charge in [-0.25, -0.2) is 0 Å². The van der Waals surface area contributed by atoms with Crippen molar-refractivity contribution in [2.45, 2.75) is 26.6 Å². The fourth-order valence-electron chi connectivity index (χ4n) is 2.59. The molecule has 0 aromatic heterocycles. The Hall–Kier alpha value is -3.03. The molecule has 0 saturated carbocycles. The number of alkyl halides is 2. The quantitative estimate of drug-likeness (QED) is 0.531. The van der Waals surface area contributed by atoms with Gasteiger partial charge >= 0.3 is 6.61 Å². The monoisotopic (exact) mass is 393 g/mol. The predicted octanol–water partition coefficient (Wildman–Crippen LogP) is 3.48. The third-order valence-corrected chi connectivity index (χ3v) is 4.09. The van der Waals surface area contributed by atoms with E-state index in [9.17, 15) is 8.78 Å². The molecule has 2 rings (SSSR count). The van der Waals surface area contributed by atoms with Crippen LogP contribution in [0.5, 0.6) is 17.2 Å². The molecule has 0 bridgehead atoms. The lowest BCUT2D eigenvalue weighted by Crippen LogP contribution is -2.36. The average molecular weight is 393 g/mol. The maximum Gasteiger partial charge on any atom is 0.387 e. The van der Waals surface area contributed by atoms with E-state index < -0.39 is 6.61 Å². The van der Waals surface area contributed by atoms with Crippen molar-refractivity contribution < 1.29 is 23.0 Å². The standard InChI is InChI=1S/C20H25F2N3O3/c1-13-5-6-14(9-18(13)27-4)11-24-20(23-2)25-12-15-10-16(26-3)7-8-17(15)28-19(21)22/h5-10,19H,11-12H2,1-4H3,(H2,23,24,25). The molecule has 0 heterocycles. The number of nitrogens with zero attached hydrogens (tertiary/aromatic N) is 1. The second-order valence-corrected chi connectivity index (χ2v) is 5.94. The lowest BCUT2D eigenvalue weighted by Gasteiger charge is -2.16. The minimum Gasteiger partial charge on any atom is -0.497 e. The summed E-state index contributed by atoms with van der Waals surface area (Å²) in [6.07, 6.45) is 0. The summed E-state index contributed by atoms with van der Waals surface area (Å²) in [6.45, 7) is -0.171. The van der Waals surface area contributed by atoms with E-state index in [1.54, 1.807) is 26.3 Å². The van der Waals surface area contributed by atoms with E-state index in [4.69, 9.17) is 9.47 Å². The second-order valence-electron chi connectivity index (χ2n) is 5.94. The molecule has 0 spiro atoms. The van der Waals surface area contributed by atoms with Crippen LogP contribution in [0.15, 0.2) is 41.4 Å². The maximum absolute atomic E-state index is 12.6. The molecule has 0 aliphatic carbocycles. The van der Waals surface area contributed by atoms with Gasteiger partial charge in [0, 0.05) is 25.7 Å². The van der Waals surface area contributed by atoms with Crippen molar-refractivity contribution in [2.75, 3.05) is 21.3 Å². The Labute approximate surface area is 163 Å². The van der Waals surface area contributed by atoms with Crippen LogP contribution in [0.4, 0.5) is 8.78 Å². The van der Waals surface area contributed by atoms with E-state index in [0.29, 0.717) is 23.8 Å². The van der Waals surface area contributed by atoms with Crippen molar-refractivity contribution in [3.63, 3.8) is 0 Å². The Morgan fingerprint density at radius 3 is 2.39 bits per heavy atom. The first-order valence-electron chi connectivity index (χ1n) is 8.66. The molecule has 0 aliphatic heterocycles. The summed E-state index contributed by atoms with van der Waals surface area (Å²) < 4.78 is 40.3. The lowest BCUT2D eigenvalue weighted by atomic mass is 10.1. The zero-order valence-electron chi connectivity index (χ0n) is 16.4. The van der Waals surface area contributed by atoms with Crippen molar-refractivity contribution in [3.8, 4) is 17.2 Å². The van der Waals surface area contributed by atoms with E-state index in [1.165, 1.54) is 13.2 Å². The predicted molar refractivity (Wildman–Crippen MR) is 104 cm³/mol. The molecule has 0 amide bonds. The zero-order valence-corrected chi connectivity index (χ0v) is 16.4. The Morgan fingerprint density at radius 2 is 1.75 bits per heavy atom. The summed E-state index contributed by atoms with van der Waals surface area (Å²) in [4.78, 5) is 4.15. The fourth-order valence-corrected chi connectivity index (χ4v) is 2.59. The fraction of sp³-hybridized carbons (Fsp3) is 0.350. The van der Waals surface area contributed by atoms with E-state index in [-0.39, 0.29) is 12.3 Å². The Balaban J connectivity index is 2.02. The normalized spacial score (nSPS) is 11.3. The summed E-state index contributed by atoms with van der Waals surface area (Å²) in [5, 5.41) is 6.27. The molecule has 28 heavy (non-hydrogen) atoms. The number of hydrogen-bond acceptors (Lipinski definition) is 4. The number of guanidine groups is 1. The molecule has 0 unspecified atom stereocenters. The molecule has 0 radical (unpaired) electrons. The van der Waals surface area contributed by atoms with Gasteiger partial charge in [0.2, 0.25) is 0 Å². The minimum atomic E-state index is -2.90. The molecule has 8 heteroatoms. The Kier molecular flexibility index (Phi) is 7.86. The summed E-state index contributed by atoms with van der Waals surface area (Å²) >= 11 is 0. The van der Waals surface area contributed by atoms with Gasteiger partial charge in [0.1, 0.15) is 17.2 Å². The van der Waals surface area contributed by atoms with Crippen molar-refractivity contribution in [1.29, 1.82) is 0 Å². The molecular weight excluding hydrogens is 368 g/mol. The van der Waals surface area contributed by atoms with E-state index in [1.807, 2.05) is 25.1 Å². The summed E-state index contributed by atoms with van der Waals surface area (Å²) in [6, 6.07) is 10.6. The molecule has 0 saturated heterocycles. The minimum absolute atomic E-state index is 0.0852. The average Bonchev–Trinajstić information content (AvgIpc) is 2.69. The zero-order chi connectivity index (χ0) is 20.5. The lowest BCUT2D eigenvalue weighted by molar-refractivity contribution is -0.0504. The van der Waals surface area contributed by atoms with Crippen LogP contribution in [0.2, 0.25) is 0 Å². The number of hydrogen-bond donors (Lipinski definition) is 2. The summed E-state index contributed by atoms with van der Waals surface area (Å²) in [5.41, 5.74) is 2.60. The molecule has 2 aromatic rings. The van der Waals surface area contributed by atoms with Crippen LogP contribution in [0, 0.1) is 6.92 Å². The first kappa shape index (κ1) is 21.3. The van der Waals surface area contributed by atoms with Crippen molar-refractivity contribution >= 4 is 5.96 Å². The third-order valence-electron chi connectivity index (χ3n) is 4.09. The van der Waals surface area contributed by atoms with E-state index in [0.717, 1.165) is 16.9 Å². The van der Waals surface area contributed by atoms with Gasteiger partial charge in [-0.3, -0.25) is 4.99 Å². The molecule has 0 atom stereocenters. The highest BCUT2D eigenvalue weighted by Crippen LogP contribution is 2.25. The molecule has 2 N–H and O–H groups in total. The smallest absolute Gasteiger partial charge is 0.387 e. The number of aryl methyl sites for hydroxylation is 1. The van der Waals surface area contributed by atoms with Crippen LogP contribution in [0.1, 0.15) is 16.7 Å². The number of halogens is 2. The molecule has 0 aliphatic rings. The summed E-state index contributed by atoms with van der Waals surface area (Å²) in [7, 11) is 4.77. The highest BCUT2D eigenvalue weighted by atomic mass is 19.3. The molecule has 0 fully saturated rings. The molecule has 6 nitrogen and oxygen atoms in total. The number of aliphatic imine (C=N–C) groups is 1. The number of nitrogens with one attached hydrogen (secondary N) is 2. The second kappa shape index (κ2) is 10.3. The first-order valence-corrected chi connectivity index (χ1v) is 8.66. The van der Waals surface area contributed by atoms with Gasteiger partial charge in [0.25, 0.3) is 0 Å². The third kappa shape index (κ3) is 6.00. The highest BCUT2D eigenvalue weighted by molar-refractivity contribution is 5.79. The van der Waals surface area contributed by atoms with Gasteiger partial charge in [-0.1, -0.05) is 12.1 Å². The van der Waals surface area contributed by atoms with Crippen LogP contribution in [-0.4, -0.2) is 33.8 Å². The first-order chi connectivity index (χ1) is 13.5. The topological polar surface area (TPSA) is 64.1 Å². The van der Waals surface area contributed by atoms with Gasteiger partial charge in [0.15, 0.2) is 5.96 Å². The molecule has 2 aromatic carbocycles. The Bertz CT molecular complexity index is 813.